The highest BCUT2D eigenvalue weighted by atomic mass is 32.2. The van der Waals surface area contributed by atoms with Gasteiger partial charge in [0, 0.05) is 25.2 Å². The van der Waals surface area contributed by atoms with Crippen LogP contribution in [0.15, 0.2) is 0 Å². The third-order valence-electron chi connectivity index (χ3n) is 3.74. The Balaban J connectivity index is 2.40. The van der Waals surface area contributed by atoms with Crippen molar-refractivity contribution in [3.63, 3.8) is 0 Å². The highest BCUT2D eigenvalue weighted by Crippen LogP contribution is 2.17. The molecular weight excluding hydrogens is 272 g/mol. The molecule has 0 saturated carbocycles. The Hall–Kier alpha value is -0.130. The van der Waals surface area contributed by atoms with Gasteiger partial charge in [-0.05, 0) is 38.0 Å². The Kier molecular flexibility index (Phi) is 6.95. The molecule has 1 fully saturated rings. The van der Waals surface area contributed by atoms with Crippen molar-refractivity contribution in [2.75, 3.05) is 18.8 Å². The van der Waals surface area contributed by atoms with Crippen molar-refractivity contribution in [3.05, 3.63) is 0 Å². The molecule has 1 heterocycles. The average Bonchev–Trinajstić information content (AvgIpc) is 2.26. The summed E-state index contributed by atoms with van der Waals surface area (Å²) < 4.78 is 26.0. The van der Waals surface area contributed by atoms with Crippen molar-refractivity contribution in [3.8, 4) is 0 Å². The predicted octanol–water partition coefficient (Wildman–Crippen LogP) is 2.46. The lowest BCUT2D eigenvalue weighted by Gasteiger charge is -2.34. The van der Waals surface area contributed by atoms with Crippen LogP contribution in [0.3, 0.4) is 0 Å². The van der Waals surface area contributed by atoms with Gasteiger partial charge < -0.3 is 5.32 Å². The summed E-state index contributed by atoms with van der Waals surface area (Å²) in [4.78, 5) is 0. The molecule has 0 radical (unpaired) electrons. The fourth-order valence-corrected chi connectivity index (χ4v) is 4.83. The van der Waals surface area contributed by atoms with Crippen LogP contribution in [-0.2, 0) is 10.0 Å². The second-order valence-corrected chi connectivity index (χ2v) is 9.06. The molecule has 1 atom stereocenters. The van der Waals surface area contributed by atoms with Crippen LogP contribution in [0.1, 0.15) is 53.9 Å². The summed E-state index contributed by atoms with van der Waals surface area (Å²) in [7, 11) is -3.05. The summed E-state index contributed by atoms with van der Waals surface area (Å²) in [5.74, 6) is 1.17. The van der Waals surface area contributed by atoms with E-state index in [1.54, 1.807) is 4.31 Å². The number of hydrogen-bond acceptors (Lipinski definition) is 3. The molecule has 0 spiro atoms. The van der Waals surface area contributed by atoms with Gasteiger partial charge in [-0.3, -0.25) is 0 Å². The van der Waals surface area contributed by atoms with E-state index >= 15 is 0 Å². The van der Waals surface area contributed by atoms with Gasteiger partial charge in [0.1, 0.15) is 0 Å². The second-order valence-electron chi connectivity index (χ2n) is 7.04. The van der Waals surface area contributed by atoms with E-state index in [0.717, 1.165) is 12.8 Å². The van der Waals surface area contributed by atoms with Gasteiger partial charge >= 0.3 is 0 Å². The lowest BCUT2D eigenvalue weighted by Crippen LogP contribution is -2.48. The maximum atomic E-state index is 12.2. The zero-order valence-corrected chi connectivity index (χ0v) is 14.5. The first-order valence-electron chi connectivity index (χ1n) is 7.94. The minimum atomic E-state index is -3.05. The first kappa shape index (κ1) is 17.9. The molecule has 0 bridgehead atoms. The molecule has 0 amide bonds. The summed E-state index contributed by atoms with van der Waals surface area (Å²) in [6.07, 6.45) is 3.03. The van der Waals surface area contributed by atoms with Crippen molar-refractivity contribution >= 4 is 10.0 Å². The Morgan fingerprint density at radius 3 is 2.05 bits per heavy atom. The zero-order chi connectivity index (χ0) is 15.3. The second kappa shape index (κ2) is 7.76. The fraction of sp³-hybridized carbons (Fsp3) is 1.00. The molecule has 1 aliphatic rings. The molecule has 1 N–H and O–H groups in total. The van der Waals surface area contributed by atoms with Crippen molar-refractivity contribution in [1.29, 1.82) is 0 Å². The van der Waals surface area contributed by atoms with Crippen LogP contribution >= 0.6 is 0 Å². The topological polar surface area (TPSA) is 49.4 Å². The molecule has 0 aromatic rings. The third kappa shape index (κ3) is 6.10. The van der Waals surface area contributed by atoms with E-state index in [1.807, 2.05) is 13.8 Å². The van der Waals surface area contributed by atoms with Gasteiger partial charge in [0.25, 0.3) is 0 Å². The largest absolute Gasteiger partial charge is 0.311 e. The van der Waals surface area contributed by atoms with Crippen molar-refractivity contribution in [2.24, 2.45) is 11.8 Å². The fourth-order valence-electron chi connectivity index (χ4n) is 3.00. The lowest BCUT2D eigenvalue weighted by atomic mass is 10.0. The van der Waals surface area contributed by atoms with Gasteiger partial charge in [0.2, 0.25) is 10.0 Å². The minimum absolute atomic E-state index is 0.196. The van der Waals surface area contributed by atoms with E-state index in [-0.39, 0.29) is 11.7 Å². The van der Waals surface area contributed by atoms with Crippen molar-refractivity contribution in [2.45, 2.75) is 66.0 Å². The molecule has 0 aromatic heterocycles. The summed E-state index contributed by atoms with van der Waals surface area (Å²) >= 11 is 0. The van der Waals surface area contributed by atoms with Crippen LogP contribution in [-0.4, -0.2) is 43.6 Å². The zero-order valence-electron chi connectivity index (χ0n) is 13.7. The maximum Gasteiger partial charge on any atom is 0.214 e. The molecule has 1 saturated heterocycles. The quantitative estimate of drug-likeness (QED) is 0.786. The first-order chi connectivity index (χ1) is 9.20. The van der Waals surface area contributed by atoms with Crippen molar-refractivity contribution < 1.29 is 8.42 Å². The number of hydrogen-bond donors (Lipinski definition) is 1. The van der Waals surface area contributed by atoms with Crippen LogP contribution in [0.2, 0.25) is 0 Å². The van der Waals surface area contributed by atoms with Crippen LogP contribution < -0.4 is 5.32 Å². The Morgan fingerprint density at radius 2 is 1.60 bits per heavy atom. The number of rotatable bonds is 7. The van der Waals surface area contributed by atoms with E-state index < -0.39 is 10.0 Å². The highest BCUT2D eigenvalue weighted by molar-refractivity contribution is 7.89. The van der Waals surface area contributed by atoms with Gasteiger partial charge in [-0.2, -0.15) is 0 Å². The maximum absolute atomic E-state index is 12.2. The Morgan fingerprint density at radius 1 is 1.05 bits per heavy atom. The van der Waals surface area contributed by atoms with Gasteiger partial charge in [-0.15, -0.1) is 0 Å². The normalized spacial score (nSPS) is 20.8. The molecule has 0 aliphatic carbocycles. The summed E-state index contributed by atoms with van der Waals surface area (Å²) in [5.41, 5.74) is 0. The van der Waals surface area contributed by atoms with E-state index in [9.17, 15) is 8.42 Å². The molecule has 120 valence electrons. The van der Waals surface area contributed by atoms with Gasteiger partial charge in [0.15, 0.2) is 0 Å². The molecule has 4 nitrogen and oxygen atoms in total. The number of nitrogens with zero attached hydrogens (tertiary/aromatic N) is 1. The Labute approximate surface area is 125 Å². The van der Waals surface area contributed by atoms with Crippen LogP contribution in [0.4, 0.5) is 0 Å². The smallest absolute Gasteiger partial charge is 0.214 e. The number of sulfonamides is 1. The molecule has 1 rings (SSSR count). The average molecular weight is 305 g/mol. The highest BCUT2D eigenvalue weighted by Gasteiger charge is 2.28. The van der Waals surface area contributed by atoms with Crippen LogP contribution in [0.25, 0.3) is 0 Å². The number of nitrogens with one attached hydrogen (secondary N) is 1. The van der Waals surface area contributed by atoms with Crippen LogP contribution in [0.5, 0.6) is 0 Å². The molecule has 5 heteroatoms. The van der Waals surface area contributed by atoms with Crippen molar-refractivity contribution in [1.82, 2.24) is 9.62 Å². The molecule has 20 heavy (non-hydrogen) atoms. The Bertz CT molecular complexity index is 371. The summed E-state index contributed by atoms with van der Waals surface area (Å²) in [6, 6.07) is 0.980. The van der Waals surface area contributed by atoms with Gasteiger partial charge in [-0.25, -0.2) is 12.7 Å². The van der Waals surface area contributed by atoms with E-state index in [0.29, 0.717) is 31.1 Å². The number of piperidine rings is 1. The first-order valence-corrected chi connectivity index (χ1v) is 9.55. The van der Waals surface area contributed by atoms with E-state index in [1.165, 1.54) is 6.42 Å². The predicted molar refractivity (Wildman–Crippen MR) is 85.3 cm³/mol. The van der Waals surface area contributed by atoms with Gasteiger partial charge in [0.05, 0.1) is 5.75 Å². The van der Waals surface area contributed by atoms with E-state index in [4.69, 9.17) is 0 Å². The summed E-state index contributed by atoms with van der Waals surface area (Å²) in [5, 5.41) is 3.64. The molecule has 1 aliphatic heterocycles. The van der Waals surface area contributed by atoms with Crippen LogP contribution in [0, 0.1) is 11.8 Å². The SMILES string of the molecule is CC(C)C[C@H](C)NC1CCN(S(=O)(=O)CC(C)C)CC1. The third-order valence-corrected chi connectivity index (χ3v) is 5.98. The van der Waals surface area contributed by atoms with Gasteiger partial charge in [-0.1, -0.05) is 27.7 Å². The monoisotopic (exact) mass is 304 g/mol. The lowest BCUT2D eigenvalue weighted by molar-refractivity contribution is 0.267. The summed E-state index contributed by atoms with van der Waals surface area (Å²) in [6.45, 7) is 11.9. The standard InChI is InChI=1S/C15H32N2O2S/c1-12(2)10-14(5)16-15-6-8-17(9-7-15)20(18,19)11-13(3)4/h12-16H,6-11H2,1-5H3/t14-/m0/s1. The molecule has 0 aromatic carbocycles. The minimum Gasteiger partial charge on any atom is -0.311 e. The molecule has 0 unspecified atom stereocenters. The van der Waals surface area contributed by atoms with E-state index in [2.05, 4.69) is 26.1 Å². The molecular formula is C15H32N2O2S.